The molecule has 0 spiro atoms. The van der Waals surface area contributed by atoms with Gasteiger partial charge in [0.25, 0.3) is 0 Å². The highest BCUT2D eigenvalue weighted by atomic mass is 32.2. The van der Waals surface area contributed by atoms with Crippen LogP contribution in [0, 0.1) is 23.2 Å². The maximum absolute atomic E-state index is 13.1. The fourth-order valence-electron chi connectivity index (χ4n) is 6.42. The summed E-state index contributed by atoms with van der Waals surface area (Å²) in [6.45, 7) is 9.54. The third-order valence-corrected chi connectivity index (χ3v) is 9.43. The topological polar surface area (TPSA) is 83.2 Å². The lowest BCUT2D eigenvalue weighted by atomic mass is 9.74. The molecule has 4 aliphatic rings. The summed E-state index contributed by atoms with van der Waals surface area (Å²) in [6.07, 6.45) is 12.8. The van der Waals surface area contributed by atoms with E-state index in [9.17, 15) is 15.2 Å². The van der Waals surface area contributed by atoms with Crippen molar-refractivity contribution < 1.29 is 9.90 Å². The van der Waals surface area contributed by atoms with Crippen LogP contribution >= 0.6 is 11.9 Å². The third kappa shape index (κ3) is 5.14. The van der Waals surface area contributed by atoms with E-state index >= 15 is 0 Å². The molecule has 1 N–H and O–H groups in total. The minimum atomic E-state index is -0.0131. The Kier molecular flexibility index (Phi) is 7.96. The second-order valence-corrected chi connectivity index (χ2v) is 11.6. The van der Waals surface area contributed by atoms with Crippen molar-refractivity contribution in [3.8, 4) is 11.8 Å². The molecule has 200 valence electrons. The van der Waals surface area contributed by atoms with Crippen LogP contribution < -0.4 is 5.01 Å². The number of phenols is 1. The molecular weight excluding hydrogens is 494 g/mol. The smallest absolute Gasteiger partial charge is 0.249 e. The van der Waals surface area contributed by atoms with E-state index in [1.54, 1.807) is 24.1 Å². The summed E-state index contributed by atoms with van der Waals surface area (Å²) in [7, 11) is 0. The monoisotopic (exact) mass is 531 g/mol. The van der Waals surface area contributed by atoms with Crippen molar-refractivity contribution in [3.63, 3.8) is 0 Å². The zero-order valence-electron chi connectivity index (χ0n) is 22.4. The average molecular weight is 532 g/mol. The number of carbonyl (C=O) groups is 1. The molecule has 1 aromatic carbocycles. The number of hydrogen-bond donors (Lipinski definition) is 1. The molecule has 2 atom stereocenters. The van der Waals surface area contributed by atoms with Gasteiger partial charge in [0.15, 0.2) is 0 Å². The fourth-order valence-corrected chi connectivity index (χ4v) is 6.94. The van der Waals surface area contributed by atoms with Crippen LogP contribution in [0.3, 0.4) is 0 Å². The molecule has 0 aromatic heterocycles. The van der Waals surface area contributed by atoms with Crippen molar-refractivity contribution in [2.75, 3.05) is 37.4 Å². The van der Waals surface area contributed by atoms with E-state index in [0.717, 1.165) is 67.1 Å². The largest absolute Gasteiger partial charge is 0.506 e. The lowest BCUT2D eigenvalue weighted by Crippen LogP contribution is -2.46. The number of phenolic OH excluding ortho intramolecular Hbond substituents is 1. The zero-order chi connectivity index (χ0) is 26.8. The van der Waals surface area contributed by atoms with Gasteiger partial charge in [0.2, 0.25) is 5.91 Å². The number of aromatic hydroxyl groups is 1. The number of nitriles is 1. The molecule has 2 aliphatic carbocycles. The van der Waals surface area contributed by atoms with Gasteiger partial charge in [-0.2, -0.15) is 10.4 Å². The standard InChI is InChI=1S/C30H37N5O2S/c1-20-8-13-26-28(25(20)12-9-21(2)30(37)33-14-16-34(38-3)17-15-33)32-35(29(26)22-6-4-5-7-22)24-11-10-23(19-31)27(36)18-24/h9-12,18,22,26,29,36H,1,4-8,13-17H2,2-3H3/b21-9+,25-12+. The lowest BCUT2D eigenvalue weighted by Gasteiger charge is -2.35. The van der Waals surface area contributed by atoms with Crippen molar-refractivity contribution in [1.82, 2.24) is 9.21 Å². The van der Waals surface area contributed by atoms with E-state index in [1.165, 1.54) is 25.7 Å². The number of fused-ring (bicyclic) bond motifs is 1. The molecule has 38 heavy (non-hydrogen) atoms. The van der Waals surface area contributed by atoms with Gasteiger partial charge in [-0.1, -0.05) is 43.5 Å². The molecule has 2 heterocycles. The first-order valence-corrected chi connectivity index (χ1v) is 14.9. The Morgan fingerprint density at radius 2 is 1.95 bits per heavy atom. The molecule has 3 fully saturated rings. The second-order valence-electron chi connectivity index (χ2n) is 10.8. The Bertz CT molecular complexity index is 1230. The van der Waals surface area contributed by atoms with Crippen LogP contribution in [0.5, 0.6) is 5.75 Å². The number of carbonyl (C=O) groups excluding carboxylic acids is 1. The van der Waals surface area contributed by atoms with E-state index in [1.807, 2.05) is 36.1 Å². The molecule has 1 aromatic rings. The minimum absolute atomic E-state index is 0.0131. The van der Waals surface area contributed by atoms with E-state index in [0.29, 0.717) is 5.92 Å². The number of benzene rings is 1. The summed E-state index contributed by atoms with van der Waals surface area (Å²) in [5.74, 6) is 0.885. The molecule has 1 saturated heterocycles. The molecule has 0 bridgehead atoms. The number of hydrogen-bond acceptors (Lipinski definition) is 7. The number of hydrazone groups is 1. The average Bonchev–Trinajstić information content (AvgIpc) is 3.60. The van der Waals surface area contributed by atoms with Gasteiger partial charge in [-0.15, -0.1) is 0 Å². The van der Waals surface area contributed by atoms with E-state index in [-0.39, 0.29) is 29.2 Å². The van der Waals surface area contributed by atoms with Gasteiger partial charge in [0, 0.05) is 49.3 Å². The number of rotatable bonds is 5. The summed E-state index contributed by atoms with van der Waals surface area (Å²) in [5, 5.41) is 26.9. The number of anilines is 1. The third-order valence-electron chi connectivity index (χ3n) is 8.55. The van der Waals surface area contributed by atoms with Crippen LogP contribution in [0.2, 0.25) is 0 Å². The van der Waals surface area contributed by atoms with Gasteiger partial charge in [-0.3, -0.25) is 9.80 Å². The molecule has 1 amide bonds. The van der Waals surface area contributed by atoms with Crippen molar-refractivity contribution in [1.29, 1.82) is 5.26 Å². The van der Waals surface area contributed by atoms with Gasteiger partial charge < -0.3 is 10.0 Å². The quantitative estimate of drug-likeness (QED) is 0.412. The predicted octanol–water partition coefficient (Wildman–Crippen LogP) is 5.26. The summed E-state index contributed by atoms with van der Waals surface area (Å²) >= 11 is 1.73. The van der Waals surface area contributed by atoms with Crippen molar-refractivity contribution >= 4 is 29.3 Å². The summed E-state index contributed by atoms with van der Waals surface area (Å²) < 4.78 is 2.29. The van der Waals surface area contributed by atoms with E-state index < -0.39 is 0 Å². The van der Waals surface area contributed by atoms with Crippen LogP contribution in [0.1, 0.15) is 51.0 Å². The molecular formula is C30H37N5O2S. The SMILES string of the molecule is C=C1CCC2C(=NN(c3ccc(C#N)c(O)c3)C2C2CCCC2)/C1=C/C=C(\C)C(=O)N1CCN(SC)CC1. The molecule has 5 rings (SSSR count). The van der Waals surface area contributed by atoms with Gasteiger partial charge >= 0.3 is 0 Å². The molecule has 2 saturated carbocycles. The highest BCUT2D eigenvalue weighted by Crippen LogP contribution is 2.46. The summed E-state index contributed by atoms with van der Waals surface area (Å²) in [6, 6.07) is 7.49. The van der Waals surface area contributed by atoms with E-state index in [4.69, 9.17) is 5.10 Å². The van der Waals surface area contributed by atoms with E-state index in [2.05, 4.69) is 22.1 Å². The van der Waals surface area contributed by atoms with Crippen LogP contribution in [-0.2, 0) is 4.79 Å². The number of amides is 1. The Morgan fingerprint density at radius 3 is 2.61 bits per heavy atom. The molecule has 0 radical (unpaired) electrons. The Balaban J connectivity index is 1.44. The molecule has 2 unspecified atom stereocenters. The van der Waals surface area contributed by atoms with Crippen LogP contribution in [0.25, 0.3) is 0 Å². The number of piperazine rings is 1. The van der Waals surface area contributed by atoms with Gasteiger partial charge in [0.1, 0.15) is 11.8 Å². The van der Waals surface area contributed by atoms with Gasteiger partial charge in [-0.05, 0) is 62.5 Å². The normalized spacial score (nSPS) is 26.0. The zero-order valence-corrected chi connectivity index (χ0v) is 23.2. The molecule has 2 aliphatic heterocycles. The minimum Gasteiger partial charge on any atom is -0.506 e. The first-order chi connectivity index (χ1) is 18.4. The Labute approximate surface area is 230 Å². The van der Waals surface area contributed by atoms with Crippen molar-refractivity contribution in [2.45, 2.75) is 51.5 Å². The predicted molar refractivity (Wildman–Crippen MR) is 154 cm³/mol. The fraction of sp³-hybridized carbons (Fsp3) is 0.500. The van der Waals surface area contributed by atoms with Crippen molar-refractivity contribution in [2.24, 2.45) is 16.9 Å². The maximum atomic E-state index is 13.1. The van der Waals surface area contributed by atoms with Crippen LogP contribution in [0.15, 0.2) is 58.8 Å². The second kappa shape index (κ2) is 11.4. The molecule has 7 nitrogen and oxygen atoms in total. The summed E-state index contributed by atoms with van der Waals surface area (Å²) in [4.78, 5) is 15.1. The van der Waals surface area contributed by atoms with Crippen LogP contribution in [0.4, 0.5) is 5.69 Å². The van der Waals surface area contributed by atoms with Gasteiger partial charge in [0.05, 0.1) is 23.0 Å². The lowest BCUT2D eigenvalue weighted by molar-refractivity contribution is -0.128. The first-order valence-electron chi connectivity index (χ1n) is 13.7. The Hall–Kier alpha value is -3.02. The number of nitrogens with zero attached hydrogens (tertiary/aromatic N) is 5. The summed E-state index contributed by atoms with van der Waals surface area (Å²) in [5.41, 5.74) is 4.93. The van der Waals surface area contributed by atoms with Crippen LogP contribution in [-0.4, -0.2) is 64.4 Å². The highest BCUT2D eigenvalue weighted by Gasteiger charge is 2.46. The highest BCUT2D eigenvalue weighted by molar-refractivity contribution is 7.96. The number of allylic oxidation sites excluding steroid dienone is 4. The first kappa shape index (κ1) is 26.6. The van der Waals surface area contributed by atoms with Gasteiger partial charge in [-0.25, -0.2) is 4.31 Å². The molecule has 8 heteroatoms. The Morgan fingerprint density at radius 1 is 1.21 bits per heavy atom. The maximum Gasteiger partial charge on any atom is 0.249 e. The van der Waals surface area contributed by atoms with Crippen molar-refractivity contribution in [3.05, 3.63) is 59.2 Å².